The van der Waals surface area contributed by atoms with Gasteiger partial charge in [0.05, 0.1) is 5.41 Å². The fourth-order valence-electron chi connectivity index (χ4n) is 5.18. The lowest BCUT2D eigenvalue weighted by Gasteiger charge is -2.42. The molecule has 31 heavy (non-hydrogen) atoms. The first-order valence-electron chi connectivity index (χ1n) is 11.8. The lowest BCUT2D eigenvalue weighted by Crippen LogP contribution is -2.35. The minimum atomic E-state index is -0.262. The second-order valence-corrected chi connectivity index (χ2v) is 11.0. The fraction of sp³-hybridized carbons (Fsp3) is 0.536. The minimum absolute atomic E-state index is 0.00109. The molecule has 1 aliphatic heterocycles. The van der Waals surface area contributed by atoms with Crippen LogP contribution in [-0.4, -0.2) is 19.1 Å². The molecule has 1 unspecified atom stereocenters. The van der Waals surface area contributed by atoms with Crippen LogP contribution in [-0.2, 0) is 16.2 Å². The van der Waals surface area contributed by atoms with Gasteiger partial charge in [0.25, 0.3) is 5.91 Å². The van der Waals surface area contributed by atoms with Crippen LogP contribution in [0.4, 0.5) is 0 Å². The van der Waals surface area contributed by atoms with Gasteiger partial charge in [-0.3, -0.25) is 4.79 Å². The number of rotatable bonds is 5. The topological polar surface area (TPSA) is 38.3 Å². The van der Waals surface area contributed by atoms with E-state index in [0.29, 0.717) is 12.2 Å². The van der Waals surface area contributed by atoms with Crippen molar-refractivity contribution >= 4 is 5.91 Å². The van der Waals surface area contributed by atoms with Crippen LogP contribution in [0.25, 0.3) is 0 Å². The van der Waals surface area contributed by atoms with Crippen LogP contribution in [0.2, 0.25) is 0 Å². The number of carbonyl (C=O) groups is 1. The summed E-state index contributed by atoms with van der Waals surface area (Å²) in [5, 5.41) is 3.04. The van der Waals surface area contributed by atoms with Crippen LogP contribution in [0.5, 0.6) is 5.75 Å². The molecule has 1 N–H and O–H groups in total. The molecule has 2 aromatic rings. The molecule has 2 aromatic carbocycles. The van der Waals surface area contributed by atoms with Crippen molar-refractivity contribution in [2.45, 2.75) is 83.5 Å². The van der Waals surface area contributed by atoms with Crippen LogP contribution in [0.1, 0.15) is 99.8 Å². The van der Waals surface area contributed by atoms with Crippen LogP contribution in [0.3, 0.4) is 0 Å². The molecule has 1 amide bonds. The molecule has 0 aromatic heterocycles. The van der Waals surface area contributed by atoms with Gasteiger partial charge in [-0.15, -0.1) is 0 Å². The SMILES string of the molecule is CCCCNC(=O)c1ccc2c(c1)C(C)(c1ccc3c(c1)C(C)(C)CCC3(C)C)CO2. The van der Waals surface area contributed by atoms with E-state index in [1.807, 2.05) is 18.2 Å². The van der Waals surface area contributed by atoms with E-state index < -0.39 is 0 Å². The van der Waals surface area contributed by atoms with Gasteiger partial charge in [0.15, 0.2) is 0 Å². The maximum absolute atomic E-state index is 12.7. The van der Waals surface area contributed by atoms with Crippen molar-refractivity contribution in [2.75, 3.05) is 13.2 Å². The molecule has 1 heterocycles. The zero-order valence-electron chi connectivity index (χ0n) is 20.0. The van der Waals surface area contributed by atoms with E-state index in [2.05, 4.69) is 65.1 Å². The fourth-order valence-corrected chi connectivity index (χ4v) is 5.18. The van der Waals surface area contributed by atoms with E-state index in [1.165, 1.54) is 29.5 Å². The number of benzene rings is 2. The first-order chi connectivity index (χ1) is 14.6. The van der Waals surface area contributed by atoms with Gasteiger partial charge in [-0.1, -0.05) is 59.2 Å². The molecule has 166 valence electrons. The van der Waals surface area contributed by atoms with Gasteiger partial charge in [0.1, 0.15) is 12.4 Å². The quantitative estimate of drug-likeness (QED) is 0.581. The van der Waals surface area contributed by atoms with Gasteiger partial charge in [0.2, 0.25) is 0 Å². The second kappa shape index (κ2) is 7.69. The molecule has 0 radical (unpaired) electrons. The highest BCUT2D eigenvalue weighted by atomic mass is 16.5. The number of carbonyl (C=O) groups excluding carboxylic acids is 1. The summed E-state index contributed by atoms with van der Waals surface area (Å²) in [6, 6.07) is 12.9. The highest BCUT2D eigenvalue weighted by molar-refractivity contribution is 5.94. The summed E-state index contributed by atoms with van der Waals surface area (Å²) < 4.78 is 6.11. The molecule has 0 saturated heterocycles. The zero-order chi connectivity index (χ0) is 22.4. The van der Waals surface area contributed by atoms with Crippen LogP contribution < -0.4 is 10.1 Å². The number of nitrogens with one attached hydrogen (secondary N) is 1. The first kappa shape index (κ1) is 21.9. The lowest BCUT2D eigenvalue weighted by atomic mass is 9.62. The van der Waals surface area contributed by atoms with Crippen LogP contribution >= 0.6 is 0 Å². The maximum Gasteiger partial charge on any atom is 0.251 e. The third-order valence-electron chi connectivity index (χ3n) is 7.66. The Labute approximate surface area is 187 Å². The van der Waals surface area contributed by atoms with Gasteiger partial charge in [0, 0.05) is 17.7 Å². The van der Waals surface area contributed by atoms with Gasteiger partial charge < -0.3 is 10.1 Å². The number of ether oxygens (including phenoxy) is 1. The summed E-state index contributed by atoms with van der Waals surface area (Å²) >= 11 is 0. The van der Waals surface area contributed by atoms with Crippen molar-refractivity contribution in [2.24, 2.45) is 0 Å². The largest absolute Gasteiger partial charge is 0.492 e. The van der Waals surface area contributed by atoms with E-state index in [0.717, 1.165) is 30.7 Å². The number of fused-ring (bicyclic) bond motifs is 2. The highest BCUT2D eigenvalue weighted by Crippen LogP contribution is 2.49. The van der Waals surface area contributed by atoms with Crippen molar-refractivity contribution in [1.82, 2.24) is 5.32 Å². The summed E-state index contributed by atoms with van der Waals surface area (Å²) in [5.74, 6) is 0.892. The standard InChI is InChI=1S/C28H37NO2/c1-7-8-15-29-25(30)19-9-12-24-23(16-19)28(6,18-31-24)20-10-11-21-22(17-20)27(4,5)14-13-26(21,2)3/h9-12,16-17H,7-8,13-15,18H2,1-6H3,(H,29,30). The average Bonchev–Trinajstić information content (AvgIpc) is 3.09. The van der Waals surface area contributed by atoms with Crippen molar-refractivity contribution in [3.8, 4) is 5.75 Å². The normalized spacial score (nSPS) is 22.9. The Kier molecular flexibility index (Phi) is 5.44. The monoisotopic (exact) mass is 419 g/mol. The maximum atomic E-state index is 12.7. The summed E-state index contributed by atoms with van der Waals surface area (Å²) in [5.41, 5.74) is 6.15. The van der Waals surface area contributed by atoms with E-state index in [4.69, 9.17) is 4.74 Å². The molecule has 0 saturated carbocycles. The molecular formula is C28H37NO2. The minimum Gasteiger partial charge on any atom is -0.492 e. The number of hydrogen-bond donors (Lipinski definition) is 1. The van der Waals surface area contributed by atoms with E-state index in [9.17, 15) is 4.79 Å². The average molecular weight is 420 g/mol. The second-order valence-electron chi connectivity index (χ2n) is 11.0. The van der Waals surface area contributed by atoms with Gasteiger partial charge >= 0.3 is 0 Å². The van der Waals surface area contributed by atoms with Crippen LogP contribution in [0, 0.1) is 0 Å². The highest BCUT2D eigenvalue weighted by Gasteiger charge is 2.42. The van der Waals surface area contributed by atoms with Crippen molar-refractivity contribution in [3.63, 3.8) is 0 Å². The first-order valence-corrected chi connectivity index (χ1v) is 11.8. The van der Waals surface area contributed by atoms with Crippen LogP contribution in [0.15, 0.2) is 36.4 Å². The van der Waals surface area contributed by atoms with Gasteiger partial charge in [-0.25, -0.2) is 0 Å². The molecular weight excluding hydrogens is 382 g/mol. The Morgan fingerprint density at radius 1 is 0.935 bits per heavy atom. The smallest absolute Gasteiger partial charge is 0.251 e. The van der Waals surface area contributed by atoms with Gasteiger partial charge in [-0.2, -0.15) is 0 Å². The van der Waals surface area contributed by atoms with Crippen molar-refractivity contribution in [3.05, 3.63) is 64.2 Å². The van der Waals surface area contributed by atoms with Gasteiger partial charge in [-0.05, 0) is 71.9 Å². The van der Waals surface area contributed by atoms with Crippen molar-refractivity contribution in [1.29, 1.82) is 0 Å². The Hall–Kier alpha value is -2.29. The number of amides is 1. The predicted molar refractivity (Wildman–Crippen MR) is 127 cm³/mol. The van der Waals surface area contributed by atoms with E-state index in [-0.39, 0.29) is 22.2 Å². The summed E-state index contributed by atoms with van der Waals surface area (Å²) in [7, 11) is 0. The Bertz CT molecular complexity index is 1000. The molecule has 0 spiro atoms. The predicted octanol–water partition coefficient (Wildman–Crippen LogP) is 6.26. The molecule has 1 aliphatic carbocycles. The summed E-state index contributed by atoms with van der Waals surface area (Å²) in [6.45, 7) is 15.2. The number of unbranched alkanes of at least 4 members (excludes halogenated alkanes) is 1. The Morgan fingerprint density at radius 3 is 2.35 bits per heavy atom. The third-order valence-corrected chi connectivity index (χ3v) is 7.66. The van der Waals surface area contributed by atoms with E-state index >= 15 is 0 Å². The molecule has 2 aliphatic rings. The molecule has 3 heteroatoms. The molecule has 3 nitrogen and oxygen atoms in total. The molecule has 0 fully saturated rings. The Balaban J connectivity index is 1.73. The number of hydrogen-bond acceptors (Lipinski definition) is 2. The zero-order valence-corrected chi connectivity index (χ0v) is 20.0. The molecule has 4 rings (SSSR count). The summed E-state index contributed by atoms with van der Waals surface area (Å²) in [4.78, 5) is 12.7. The Morgan fingerprint density at radius 2 is 1.65 bits per heavy atom. The van der Waals surface area contributed by atoms with E-state index in [1.54, 1.807) is 0 Å². The summed E-state index contributed by atoms with van der Waals surface area (Å²) in [6.07, 6.45) is 4.48. The molecule has 1 atom stereocenters. The molecule has 0 bridgehead atoms. The third kappa shape index (κ3) is 3.77. The van der Waals surface area contributed by atoms with Crippen molar-refractivity contribution < 1.29 is 9.53 Å². The lowest BCUT2D eigenvalue weighted by molar-refractivity contribution is 0.0953.